The highest BCUT2D eigenvalue weighted by Crippen LogP contribution is 2.06. The minimum atomic E-state index is -0.553. The first kappa shape index (κ1) is 15.9. The second kappa shape index (κ2) is 6.31. The Kier molecular flexibility index (Phi) is 5.01. The Morgan fingerprint density at radius 2 is 1.90 bits per heavy atom. The zero-order chi connectivity index (χ0) is 15.3. The van der Waals surface area contributed by atoms with Gasteiger partial charge in [0, 0.05) is 5.54 Å². The first-order valence-electron chi connectivity index (χ1n) is 6.22. The predicted octanol–water partition coefficient (Wildman–Crippen LogP) is 0.978. The molecule has 1 aromatic heterocycles. The number of carbonyl (C=O) groups is 2. The molecule has 7 nitrogen and oxygen atoms in total. The van der Waals surface area contributed by atoms with Gasteiger partial charge in [-0.2, -0.15) is 0 Å². The van der Waals surface area contributed by atoms with E-state index in [9.17, 15) is 9.59 Å². The number of amides is 1. The number of carbonyl (C=O) groups excluding carboxylic acids is 2. The molecule has 1 aromatic rings. The van der Waals surface area contributed by atoms with Crippen molar-refractivity contribution in [2.24, 2.45) is 0 Å². The third-order valence-electron chi connectivity index (χ3n) is 2.30. The number of anilines is 1. The number of hydrogen-bond donors (Lipinski definition) is 2. The van der Waals surface area contributed by atoms with Gasteiger partial charge in [0.1, 0.15) is 11.9 Å². The fraction of sp³-hybridized carbons (Fsp3) is 0.538. The van der Waals surface area contributed by atoms with Crippen LogP contribution in [0.2, 0.25) is 0 Å². The number of aromatic nitrogens is 2. The average Bonchev–Trinajstić information content (AvgIpc) is 2.36. The van der Waals surface area contributed by atoms with Crippen molar-refractivity contribution in [3.05, 3.63) is 18.1 Å². The molecule has 0 bridgehead atoms. The van der Waals surface area contributed by atoms with E-state index in [1.807, 2.05) is 20.8 Å². The summed E-state index contributed by atoms with van der Waals surface area (Å²) in [6.45, 7) is 7.44. The van der Waals surface area contributed by atoms with E-state index in [-0.39, 0.29) is 17.1 Å². The molecule has 0 saturated carbocycles. The molecule has 0 saturated heterocycles. The monoisotopic (exact) mass is 280 g/mol. The Balaban J connectivity index is 2.64. The van der Waals surface area contributed by atoms with Crippen LogP contribution in [0.1, 0.15) is 38.2 Å². The molecule has 0 fully saturated rings. The number of ether oxygens (including phenoxy) is 1. The number of esters is 1. The van der Waals surface area contributed by atoms with Crippen LogP contribution in [-0.2, 0) is 9.53 Å². The molecule has 7 heteroatoms. The molecule has 1 rings (SSSR count). The van der Waals surface area contributed by atoms with Crippen LogP contribution in [0.3, 0.4) is 0 Å². The van der Waals surface area contributed by atoms with E-state index in [0.717, 1.165) is 0 Å². The van der Waals surface area contributed by atoms with Crippen LogP contribution in [0.5, 0.6) is 0 Å². The quantitative estimate of drug-likeness (QED) is 0.799. The maximum Gasteiger partial charge on any atom is 0.358 e. The summed E-state index contributed by atoms with van der Waals surface area (Å²) >= 11 is 0. The van der Waals surface area contributed by atoms with Gasteiger partial charge in [-0.25, -0.2) is 14.8 Å². The lowest BCUT2D eigenvalue weighted by Crippen LogP contribution is -2.47. The van der Waals surface area contributed by atoms with Gasteiger partial charge in [0.25, 0.3) is 0 Å². The Morgan fingerprint density at radius 1 is 1.25 bits per heavy atom. The third kappa shape index (κ3) is 4.83. The highest BCUT2D eigenvalue weighted by atomic mass is 16.5. The zero-order valence-corrected chi connectivity index (χ0v) is 12.4. The highest BCUT2D eigenvalue weighted by Gasteiger charge is 2.19. The Hall–Kier alpha value is -2.18. The number of rotatable bonds is 4. The van der Waals surface area contributed by atoms with Crippen molar-refractivity contribution in [3.63, 3.8) is 0 Å². The average molecular weight is 280 g/mol. The maximum atomic E-state index is 11.9. The van der Waals surface area contributed by atoms with Crippen LogP contribution in [0.25, 0.3) is 0 Å². The van der Waals surface area contributed by atoms with Crippen molar-refractivity contribution in [2.75, 3.05) is 12.4 Å². The van der Waals surface area contributed by atoms with Crippen LogP contribution in [0.15, 0.2) is 12.4 Å². The summed E-state index contributed by atoms with van der Waals surface area (Å²) in [5.41, 5.74) is -0.183. The largest absolute Gasteiger partial charge is 0.464 e. The smallest absolute Gasteiger partial charge is 0.358 e. The summed E-state index contributed by atoms with van der Waals surface area (Å²) in [5.74, 6) is -0.284. The van der Waals surface area contributed by atoms with Gasteiger partial charge in [-0.05, 0) is 27.7 Å². The summed E-state index contributed by atoms with van der Waals surface area (Å²) < 4.78 is 4.52. The van der Waals surface area contributed by atoms with Crippen LogP contribution < -0.4 is 10.6 Å². The first-order chi connectivity index (χ1) is 9.23. The molecule has 1 atom stereocenters. The van der Waals surface area contributed by atoms with Gasteiger partial charge in [-0.3, -0.25) is 4.79 Å². The van der Waals surface area contributed by atoms with Gasteiger partial charge in [-0.15, -0.1) is 0 Å². The van der Waals surface area contributed by atoms with E-state index in [0.29, 0.717) is 5.82 Å². The van der Waals surface area contributed by atoms with Crippen LogP contribution in [0, 0.1) is 0 Å². The lowest BCUT2D eigenvalue weighted by atomic mass is 10.1. The van der Waals surface area contributed by atoms with Crippen molar-refractivity contribution in [1.82, 2.24) is 15.3 Å². The number of nitrogens with zero attached hydrogens (tertiary/aromatic N) is 2. The molecule has 1 amide bonds. The van der Waals surface area contributed by atoms with Gasteiger partial charge in [0.2, 0.25) is 5.91 Å². The summed E-state index contributed by atoms with van der Waals surface area (Å²) in [5, 5.41) is 5.76. The molecule has 2 N–H and O–H groups in total. The Bertz CT molecular complexity index is 479. The number of methoxy groups -OCH3 is 1. The second-order valence-electron chi connectivity index (χ2n) is 5.38. The Labute approximate surface area is 118 Å². The minimum Gasteiger partial charge on any atom is -0.464 e. The van der Waals surface area contributed by atoms with E-state index < -0.39 is 12.0 Å². The maximum absolute atomic E-state index is 11.9. The molecular weight excluding hydrogens is 260 g/mol. The van der Waals surface area contributed by atoms with E-state index in [2.05, 4.69) is 25.3 Å². The van der Waals surface area contributed by atoms with Crippen LogP contribution in [0.4, 0.5) is 5.82 Å². The molecule has 0 spiro atoms. The van der Waals surface area contributed by atoms with E-state index in [4.69, 9.17) is 0 Å². The Morgan fingerprint density at radius 3 is 2.35 bits per heavy atom. The van der Waals surface area contributed by atoms with Gasteiger partial charge >= 0.3 is 5.97 Å². The van der Waals surface area contributed by atoms with Gasteiger partial charge in [0.05, 0.1) is 19.5 Å². The van der Waals surface area contributed by atoms with Crippen LogP contribution >= 0.6 is 0 Å². The molecule has 1 unspecified atom stereocenters. The van der Waals surface area contributed by atoms with Crippen molar-refractivity contribution < 1.29 is 14.3 Å². The van der Waals surface area contributed by atoms with Gasteiger partial charge in [-0.1, -0.05) is 0 Å². The normalized spacial score (nSPS) is 12.4. The summed E-state index contributed by atoms with van der Waals surface area (Å²) in [4.78, 5) is 31.0. The number of nitrogens with one attached hydrogen (secondary N) is 2. The van der Waals surface area contributed by atoms with E-state index in [1.165, 1.54) is 19.5 Å². The van der Waals surface area contributed by atoms with E-state index in [1.54, 1.807) is 6.92 Å². The van der Waals surface area contributed by atoms with E-state index >= 15 is 0 Å². The minimum absolute atomic E-state index is 0.116. The summed E-state index contributed by atoms with van der Waals surface area (Å²) in [6, 6.07) is -0.465. The molecule has 110 valence electrons. The van der Waals surface area contributed by atoms with Crippen LogP contribution in [-0.4, -0.2) is 40.5 Å². The van der Waals surface area contributed by atoms with Crippen molar-refractivity contribution in [2.45, 2.75) is 39.3 Å². The molecular formula is C13H20N4O3. The molecule has 0 aliphatic carbocycles. The molecule has 0 aliphatic heterocycles. The topological polar surface area (TPSA) is 93.2 Å². The fourth-order valence-electron chi connectivity index (χ4n) is 1.38. The van der Waals surface area contributed by atoms with Gasteiger partial charge in [0.15, 0.2) is 5.69 Å². The number of hydrogen-bond acceptors (Lipinski definition) is 6. The molecule has 0 aliphatic rings. The van der Waals surface area contributed by atoms with Crippen molar-refractivity contribution in [1.29, 1.82) is 0 Å². The molecule has 20 heavy (non-hydrogen) atoms. The van der Waals surface area contributed by atoms with Crippen molar-refractivity contribution >= 4 is 17.7 Å². The van der Waals surface area contributed by atoms with Gasteiger partial charge < -0.3 is 15.4 Å². The molecule has 0 aromatic carbocycles. The molecule has 1 heterocycles. The summed E-state index contributed by atoms with van der Waals surface area (Å²) in [7, 11) is 1.27. The first-order valence-corrected chi connectivity index (χ1v) is 6.22. The van der Waals surface area contributed by atoms with Crippen molar-refractivity contribution in [3.8, 4) is 0 Å². The lowest BCUT2D eigenvalue weighted by Gasteiger charge is -2.23. The fourth-order valence-corrected chi connectivity index (χ4v) is 1.38. The predicted molar refractivity (Wildman–Crippen MR) is 74.4 cm³/mol. The second-order valence-corrected chi connectivity index (χ2v) is 5.38. The zero-order valence-electron chi connectivity index (χ0n) is 12.4. The molecule has 0 radical (unpaired) electrons. The highest BCUT2D eigenvalue weighted by molar-refractivity contribution is 5.87. The lowest BCUT2D eigenvalue weighted by molar-refractivity contribution is -0.122. The SMILES string of the molecule is COC(=O)c1cnc(NC(C)C(=O)NC(C)(C)C)cn1. The summed E-state index contributed by atoms with van der Waals surface area (Å²) in [6.07, 6.45) is 2.68. The third-order valence-corrected chi connectivity index (χ3v) is 2.30. The standard InChI is InChI=1S/C13H20N4O3/c1-8(11(18)17-13(2,3)4)16-10-7-14-9(6-15-10)12(19)20-5/h6-8H,1-5H3,(H,15,16)(H,17,18).